The monoisotopic (exact) mass is 534 g/mol. The van der Waals surface area contributed by atoms with Gasteiger partial charge in [0.15, 0.2) is 5.82 Å². The zero-order valence-corrected chi connectivity index (χ0v) is 23.4. The third-order valence-corrected chi connectivity index (χ3v) is 6.84. The van der Waals surface area contributed by atoms with Crippen LogP contribution >= 0.6 is 0 Å². The number of aliphatic hydroxyl groups is 1. The van der Waals surface area contributed by atoms with Crippen LogP contribution in [0.1, 0.15) is 50.7 Å². The predicted octanol–water partition coefficient (Wildman–Crippen LogP) is 4.70. The molecule has 0 spiro atoms. The van der Waals surface area contributed by atoms with Gasteiger partial charge in [-0.1, -0.05) is 37.6 Å². The van der Waals surface area contributed by atoms with Crippen molar-refractivity contribution in [2.24, 2.45) is 0 Å². The second-order valence-electron chi connectivity index (χ2n) is 9.74. The van der Waals surface area contributed by atoms with Gasteiger partial charge in [0.25, 0.3) is 0 Å². The van der Waals surface area contributed by atoms with Crippen LogP contribution in [0.25, 0.3) is 21.9 Å². The van der Waals surface area contributed by atoms with Crippen molar-refractivity contribution in [3.63, 3.8) is 0 Å². The van der Waals surface area contributed by atoms with E-state index in [1.807, 2.05) is 6.07 Å². The van der Waals surface area contributed by atoms with Crippen LogP contribution in [-0.4, -0.2) is 59.2 Å². The molecule has 1 aliphatic heterocycles. The second-order valence-corrected chi connectivity index (χ2v) is 9.74. The number of rotatable bonds is 11. The first-order valence-electron chi connectivity index (χ1n) is 14.0. The van der Waals surface area contributed by atoms with Crippen molar-refractivity contribution >= 4 is 33.7 Å². The molecule has 2 aromatic carbocycles. The normalized spacial score (nSPS) is 14.9. The zero-order valence-electron chi connectivity index (χ0n) is 23.4. The first kappa shape index (κ1) is 28.6. The average molecular weight is 535 g/mol. The summed E-state index contributed by atoms with van der Waals surface area (Å²) < 4.78 is 13.8. The minimum absolute atomic E-state index is 0.250. The number of aromatic nitrogens is 3. The van der Waals surface area contributed by atoms with E-state index >= 15 is 0 Å². The van der Waals surface area contributed by atoms with E-state index in [-0.39, 0.29) is 12.6 Å². The molecule has 0 radical (unpaired) electrons. The maximum atomic E-state index is 7.57. The summed E-state index contributed by atoms with van der Waals surface area (Å²) in [6, 6.07) is 14.7. The number of methoxy groups -OCH3 is 1. The summed E-state index contributed by atoms with van der Waals surface area (Å²) in [6.07, 6.45) is 4.77. The van der Waals surface area contributed by atoms with Crippen molar-refractivity contribution in [1.82, 2.24) is 19.9 Å². The van der Waals surface area contributed by atoms with Crippen LogP contribution in [0.4, 0.5) is 11.8 Å². The predicted molar refractivity (Wildman–Crippen MR) is 158 cm³/mol. The topological polar surface area (TPSA) is 119 Å². The molecule has 1 unspecified atom stereocenters. The molecule has 4 aromatic rings. The number of para-hydroxylation sites is 1. The van der Waals surface area contributed by atoms with Crippen LogP contribution in [0, 0.1) is 0 Å². The van der Waals surface area contributed by atoms with Crippen molar-refractivity contribution in [3.8, 4) is 5.75 Å². The number of nitrogen functional groups attached to an aromatic ring is 1. The summed E-state index contributed by atoms with van der Waals surface area (Å²) in [7, 11) is 1.72. The first-order valence-corrected chi connectivity index (χ1v) is 14.0. The highest BCUT2D eigenvalue weighted by Gasteiger charge is 2.19. The lowest BCUT2D eigenvalue weighted by atomic mass is 10.1. The highest BCUT2D eigenvalue weighted by atomic mass is 16.5. The maximum absolute atomic E-state index is 7.57. The summed E-state index contributed by atoms with van der Waals surface area (Å²) in [5.74, 6) is 1.91. The molecule has 1 fully saturated rings. The molecule has 1 atom stereocenters. The SMILES string of the molecule is CCCCNc1nc(N)nc2c3ccccc3n(Cc3cc(CNCC4CCCO4)ccc3OC)c12.CCO. The number of hydrogen-bond donors (Lipinski definition) is 4. The van der Waals surface area contributed by atoms with E-state index in [0.29, 0.717) is 12.6 Å². The molecule has 1 aliphatic rings. The highest BCUT2D eigenvalue weighted by molar-refractivity contribution is 6.09. The Balaban J connectivity index is 0.00000112. The third-order valence-electron chi connectivity index (χ3n) is 6.84. The molecule has 0 amide bonds. The minimum Gasteiger partial charge on any atom is -0.496 e. The fourth-order valence-corrected chi connectivity index (χ4v) is 5.03. The Hall–Kier alpha value is -3.40. The molecule has 5 N–H and O–H groups in total. The Bertz CT molecular complexity index is 1350. The van der Waals surface area contributed by atoms with Gasteiger partial charge in [-0.05, 0) is 49.9 Å². The molecule has 210 valence electrons. The van der Waals surface area contributed by atoms with Crippen molar-refractivity contribution in [3.05, 3.63) is 53.6 Å². The summed E-state index contributed by atoms with van der Waals surface area (Å²) in [5, 5.41) is 15.7. The molecule has 3 heterocycles. The molecule has 39 heavy (non-hydrogen) atoms. The molecule has 0 aliphatic carbocycles. The summed E-state index contributed by atoms with van der Waals surface area (Å²) in [6.45, 7) is 8.11. The lowest BCUT2D eigenvalue weighted by Gasteiger charge is -2.16. The Morgan fingerprint density at radius 3 is 2.74 bits per heavy atom. The number of benzene rings is 2. The molecule has 0 bridgehead atoms. The molecule has 0 saturated carbocycles. The Labute approximate surface area is 230 Å². The second kappa shape index (κ2) is 14.1. The summed E-state index contributed by atoms with van der Waals surface area (Å²) in [5.41, 5.74) is 11.4. The highest BCUT2D eigenvalue weighted by Crippen LogP contribution is 2.34. The van der Waals surface area contributed by atoms with E-state index in [1.165, 1.54) is 5.56 Å². The Kier molecular flexibility index (Phi) is 10.4. The van der Waals surface area contributed by atoms with E-state index < -0.39 is 0 Å². The van der Waals surface area contributed by atoms with Gasteiger partial charge in [0.05, 0.1) is 25.3 Å². The van der Waals surface area contributed by atoms with Gasteiger partial charge in [-0.15, -0.1) is 0 Å². The Morgan fingerprint density at radius 2 is 2.00 bits per heavy atom. The zero-order chi connectivity index (χ0) is 27.6. The molecule has 9 heteroatoms. The first-order chi connectivity index (χ1) is 19.1. The largest absolute Gasteiger partial charge is 0.496 e. The van der Waals surface area contributed by atoms with Gasteiger partial charge in [-0.3, -0.25) is 0 Å². The van der Waals surface area contributed by atoms with Gasteiger partial charge in [-0.25, -0.2) is 4.98 Å². The van der Waals surface area contributed by atoms with E-state index in [0.717, 1.165) is 91.0 Å². The maximum Gasteiger partial charge on any atom is 0.222 e. The van der Waals surface area contributed by atoms with Gasteiger partial charge in [-0.2, -0.15) is 4.98 Å². The van der Waals surface area contributed by atoms with Crippen LogP contribution in [0.5, 0.6) is 5.75 Å². The lowest BCUT2D eigenvalue weighted by Crippen LogP contribution is -2.25. The van der Waals surface area contributed by atoms with Crippen molar-refractivity contribution in [2.45, 2.75) is 58.7 Å². The number of fused-ring (bicyclic) bond motifs is 3. The number of nitrogens with two attached hydrogens (primary N) is 1. The number of aliphatic hydroxyl groups excluding tert-OH is 1. The number of unbranched alkanes of at least 4 members (excludes halogenated alkanes) is 1. The van der Waals surface area contributed by atoms with E-state index in [1.54, 1.807) is 14.0 Å². The number of nitrogens with zero attached hydrogens (tertiary/aromatic N) is 3. The van der Waals surface area contributed by atoms with Crippen molar-refractivity contribution in [2.75, 3.05) is 44.5 Å². The van der Waals surface area contributed by atoms with E-state index in [2.05, 4.69) is 68.5 Å². The van der Waals surface area contributed by atoms with Crippen LogP contribution < -0.4 is 21.1 Å². The molecular weight excluding hydrogens is 492 g/mol. The van der Waals surface area contributed by atoms with Gasteiger partial charge >= 0.3 is 0 Å². The van der Waals surface area contributed by atoms with E-state index in [9.17, 15) is 0 Å². The van der Waals surface area contributed by atoms with Gasteiger partial charge < -0.3 is 35.5 Å². The molecular formula is C30H42N6O3. The molecule has 2 aromatic heterocycles. The smallest absolute Gasteiger partial charge is 0.222 e. The van der Waals surface area contributed by atoms with Crippen molar-refractivity contribution in [1.29, 1.82) is 0 Å². The number of anilines is 2. The Morgan fingerprint density at radius 1 is 1.18 bits per heavy atom. The number of ether oxygens (including phenoxy) is 2. The fraction of sp³-hybridized carbons (Fsp3) is 0.467. The summed E-state index contributed by atoms with van der Waals surface area (Å²) >= 11 is 0. The van der Waals surface area contributed by atoms with Gasteiger partial charge in [0.1, 0.15) is 16.8 Å². The van der Waals surface area contributed by atoms with Crippen LogP contribution in [0.15, 0.2) is 42.5 Å². The third kappa shape index (κ3) is 6.98. The van der Waals surface area contributed by atoms with Crippen LogP contribution in [-0.2, 0) is 17.8 Å². The number of hydrogen-bond acceptors (Lipinski definition) is 8. The standard InChI is InChI=1S/C28H36N6O2.C2H6O/c1-3-4-13-31-27-26-25(32-28(29)33-27)22-9-5-6-10-23(22)34(26)18-20-15-19(11-12-24(20)35-2)16-30-17-21-8-7-14-36-21;1-2-3/h5-6,9-12,15,21,30H,3-4,7-8,13-14,16-18H2,1-2H3,(H3,29,31,32,33);3H,2H2,1H3. The lowest BCUT2D eigenvalue weighted by molar-refractivity contribution is 0.110. The minimum atomic E-state index is 0.250. The van der Waals surface area contributed by atoms with Gasteiger partial charge in [0.2, 0.25) is 5.95 Å². The molecule has 1 saturated heterocycles. The van der Waals surface area contributed by atoms with E-state index in [4.69, 9.17) is 20.3 Å². The molecule has 5 rings (SSSR count). The van der Waals surface area contributed by atoms with Crippen molar-refractivity contribution < 1.29 is 14.6 Å². The van der Waals surface area contributed by atoms with Crippen LogP contribution in [0.3, 0.4) is 0 Å². The van der Waals surface area contributed by atoms with Gasteiger partial charge in [0, 0.05) is 43.8 Å². The fourth-order valence-electron chi connectivity index (χ4n) is 5.03. The quantitative estimate of drug-likeness (QED) is 0.204. The van der Waals surface area contributed by atoms with Crippen LogP contribution in [0.2, 0.25) is 0 Å². The summed E-state index contributed by atoms with van der Waals surface area (Å²) in [4.78, 5) is 9.24. The average Bonchev–Trinajstić information content (AvgIpc) is 3.56. The molecule has 9 nitrogen and oxygen atoms in total. The number of nitrogens with one attached hydrogen (secondary N) is 2.